The maximum absolute atomic E-state index is 11.9. The molecule has 0 bridgehead atoms. The minimum absolute atomic E-state index is 0.0220. The molecular formula is C13H25NO5. The summed E-state index contributed by atoms with van der Waals surface area (Å²) in [6.45, 7) is 10.5. The first-order chi connectivity index (χ1) is 8.44. The fraction of sp³-hybridized carbons (Fsp3) is 0.846. The quantitative estimate of drug-likeness (QED) is 0.793. The maximum atomic E-state index is 11.9. The van der Waals surface area contributed by atoms with Crippen LogP contribution in [0.4, 0.5) is 4.79 Å². The van der Waals surface area contributed by atoms with Crippen molar-refractivity contribution in [3.05, 3.63) is 0 Å². The van der Waals surface area contributed by atoms with E-state index in [2.05, 4.69) is 5.32 Å². The number of nitrogens with one attached hydrogen (secondary N) is 1. The summed E-state index contributed by atoms with van der Waals surface area (Å²) in [4.78, 5) is 23.5. The first-order valence-corrected chi connectivity index (χ1v) is 6.16. The zero-order chi connectivity index (χ0) is 15.3. The number of ether oxygens (including phenoxy) is 3. The Bertz CT molecular complexity index is 314. The summed E-state index contributed by atoms with van der Waals surface area (Å²) in [5.41, 5.74) is -1.26. The Morgan fingerprint density at radius 2 is 1.47 bits per heavy atom. The minimum Gasteiger partial charge on any atom is -0.458 e. The van der Waals surface area contributed by atoms with E-state index in [1.165, 1.54) is 7.11 Å². The summed E-state index contributed by atoms with van der Waals surface area (Å²) in [6, 6.07) is -0.890. The molecule has 0 aromatic heterocycles. The van der Waals surface area contributed by atoms with Crippen LogP contribution >= 0.6 is 0 Å². The fourth-order valence-corrected chi connectivity index (χ4v) is 1.16. The molecule has 6 nitrogen and oxygen atoms in total. The van der Waals surface area contributed by atoms with E-state index in [0.717, 1.165) is 0 Å². The van der Waals surface area contributed by atoms with Crippen molar-refractivity contribution in [2.24, 2.45) is 0 Å². The molecule has 0 spiro atoms. The van der Waals surface area contributed by atoms with Gasteiger partial charge in [-0.05, 0) is 41.5 Å². The topological polar surface area (TPSA) is 73.9 Å². The third-order valence-corrected chi connectivity index (χ3v) is 1.72. The molecule has 1 N–H and O–H groups in total. The third kappa shape index (κ3) is 9.30. The first kappa shape index (κ1) is 17.7. The molecule has 0 heterocycles. The van der Waals surface area contributed by atoms with Crippen LogP contribution in [0.5, 0.6) is 0 Å². The zero-order valence-corrected chi connectivity index (χ0v) is 12.8. The van der Waals surface area contributed by atoms with Crippen molar-refractivity contribution in [1.82, 2.24) is 5.32 Å². The second kappa shape index (κ2) is 6.75. The monoisotopic (exact) mass is 275 g/mol. The van der Waals surface area contributed by atoms with Gasteiger partial charge in [-0.3, -0.25) is 0 Å². The van der Waals surface area contributed by atoms with Crippen LogP contribution in [0.3, 0.4) is 0 Å². The summed E-state index contributed by atoms with van der Waals surface area (Å²) < 4.78 is 15.2. The van der Waals surface area contributed by atoms with Crippen LogP contribution in [-0.2, 0) is 19.0 Å². The minimum atomic E-state index is -0.890. The average Bonchev–Trinajstić information content (AvgIpc) is 2.10. The van der Waals surface area contributed by atoms with E-state index >= 15 is 0 Å². The third-order valence-electron chi connectivity index (χ3n) is 1.72. The van der Waals surface area contributed by atoms with Crippen molar-refractivity contribution in [2.45, 2.75) is 58.8 Å². The summed E-state index contributed by atoms with van der Waals surface area (Å²) in [7, 11) is 1.44. The summed E-state index contributed by atoms with van der Waals surface area (Å²) in [5, 5.41) is 2.44. The van der Waals surface area contributed by atoms with Crippen molar-refractivity contribution < 1.29 is 23.8 Å². The summed E-state index contributed by atoms with van der Waals surface area (Å²) in [5.74, 6) is -0.555. The second-order valence-electron chi connectivity index (χ2n) is 6.19. The molecule has 0 saturated carbocycles. The van der Waals surface area contributed by atoms with Gasteiger partial charge in [0, 0.05) is 7.11 Å². The van der Waals surface area contributed by atoms with Gasteiger partial charge < -0.3 is 19.5 Å². The summed E-state index contributed by atoms with van der Waals surface area (Å²) >= 11 is 0. The number of rotatable bonds is 4. The van der Waals surface area contributed by atoms with Crippen molar-refractivity contribution >= 4 is 12.1 Å². The van der Waals surface area contributed by atoms with Gasteiger partial charge in [-0.1, -0.05) is 0 Å². The molecule has 0 fully saturated rings. The number of hydrogen-bond acceptors (Lipinski definition) is 5. The molecule has 0 aromatic carbocycles. The number of amides is 1. The summed E-state index contributed by atoms with van der Waals surface area (Å²) in [6.07, 6.45) is -0.680. The number of carbonyl (C=O) groups excluding carboxylic acids is 2. The van der Waals surface area contributed by atoms with E-state index in [0.29, 0.717) is 0 Å². The standard InChI is InChI=1S/C13H25NO5/c1-12(2,3)18-10(15)9(8-17-7)14-11(16)19-13(4,5)6/h9H,8H2,1-7H3,(H,14,16). The van der Waals surface area contributed by atoms with Crippen LogP contribution in [0.15, 0.2) is 0 Å². The highest BCUT2D eigenvalue weighted by atomic mass is 16.6. The lowest BCUT2D eigenvalue weighted by atomic mass is 10.2. The number of methoxy groups -OCH3 is 1. The van der Waals surface area contributed by atoms with E-state index in [1.807, 2.05) is 0 Å². The van der Waals surface area contributed by atoms with Crippen LogP contribution in [-0.4, -0.2) is 43.0 Å². The van der Waals surface area contributed by atoms with Gasteiger partial charge in [0.25, 0.3) is 0 Å². The highest BCUT2D eigenvalue weighted by molar-refractivity contribution is 5.81. The number of alkyl carbamates (subject to hydrolysis) is 1. The van der Waals surface area contributed by atoms with E-state index in [9.17, 15) is 9.59 Å². The second-order valence-corrected chi connectivity index (χ2v) is 6.19. The van der Waals surface area contributed by atoms with Crippen molar-refractivity contribution in [3.8, 4) is 0 Å². The van der Waals surface area contributed by atoms with Gasteiger partial charge in [-0.25, -0.2) is 9.59 Å². The molecule has 0 aliphatic carbocycles. The molecule has 0 saturated heterocycles. The molecule has 1 unspecified atom stereocenters. The first-order valence-electron chi connectivity index (χ1n) is 6.16. The highest BCUT2D eigenvalue weighted by Crippen LogP contribution is 2.10. The Hall–Kier alpha value is -1.30. The molecular weight excluding hydrogens is 250 g/mol. The molecule has 0 rings (SSSR count). The number of hydrogen-bond donors (Lipinski definition) is 1. The van der Waals surface area contributed by atoms with Crippen LogP contribution in [0.1, 0.15) is 41.5 Å². The van der Waals surface area contributed by atoms with Gasteiger partial charge in [0.15, 0.2) is 6.04 Å². The van der Waals surface area contributed by atoms with Crippen LogP contribution in [0.2, 0.25) is 0 Å². The largest absolute Gasteiger partial charge is 0.458 e. The lowest BCUT2D eigenvalue weighted by Gasteiger charge is -2.25. The fourth-order valence-electron chi connectivity index (χ4n) is 1.16. The Labute approximate surface area is 114 Å². The Morgan fingerprint density at radius 3 is 1.84 bits per heavy atom. The van der Waals surface area contributed by atoms with Gasteiger partial charge in [-0.15, -0.1) is 0 Å². The maximum Gasteiger partial charge on any atom is 0.408 e. The van der Waals surface area contributed by atoms with E-state index < -0.39 is 29.3 Å². The van der Waals surface area contributed by atoms with Gasteiger partial charge in [0.2, 0.25) is 0 Å². The van der Waals surface area contributed by atoms with Gasteiger partial charge >= 0.3 is 12.1 Å². The molecule has 0 aromatic rings. The molecule has 0 radical (unpaired) electrons. The van der Waals surface area contributed by atoms with E-state index in [1.54, 1.807) is 41.5 Å². The smallest absolute Gasteiger partial charge is 0.408 e. The lowest BCUT2D eigenvalue weighted by Crippen LogP contribution is -2.48. The zero-order valence-electron chi connectivity index (χ0n) is 12.8. The molecule has 1 amide bonds. The average molecular weight is 275 g/mol. The Morgan fingerprint density at radius 1 is 1.00 bits per heavy atom. The molecule has 19 heavy (non-hydrogen) atoms. The Balaban J connectivity index is 4.57. The predicted molar refractivity (Wildman–Crippen MR) is 70.9 cm³/mol. The van der Waals surface area contributed by atoms with Crippen LogP contribution in [0.25, 0.3) is 0 Å². The SMILES string of the molecule is COCC(NC(=O)OC(C)(C)C)C(=O)OC(C)(C)C. The number of esters is 1. The van der Waals surface area contributed by atoms with Gasteiger partial charge in [0.1, 0.15) is 11.2 Å². The molecule has 1 atom stereocenters. The molecule has 0 aliphatic rings. The van der Waals surface area contributed by atoms with Crippen molar-refractivity contribution in [3.63, 3.8) is 0 Å². The van der Waals surface area contributed by atoms with Crippen molar-refractivity contribution in [1.29, 1.82) is 0 Å². The molecule has 6 heteroatoms. The van der Waals surface area contributed by atoms with Gasteiger partial charge in [0.05, 0.1) is 6.61 Å². The van der Waals surface area contributed by atoms with Crippen LogP contribution in [0, 0.1) is 0 Å². The lowest BCUT2D eigenvalue weighted by molar-refractivity contribution is -0.158. The Kier molecular flexibility index (Phi) is 6.29. The molecule has 112 valence electrons. The van der Waals surface area contributed by atoms with Gasteiger partial charge in [-0.2, -0.15) is 0 Å². The van der Waals surface area contributed by atoms with E-state index in [-0.39, 0.29) is 6.61 Å². The van der Waals surface area contributed by atoms with E-state index in [4.69, 9.17) is 14.2 Å². The normalized spacial score (nSPS) is 13.6. The van der Waals surface area contributed by atoms with Crippen molar-refractivity contribution in [2.75, 3.05) is 13.7 Å². The number of carbonyl (C=O) groups is 2. The predicted octanol–water partition coefficient (Wildman–Crippen LogP) is 1.87. The molecule has 0 aliphatic heterocycles. The highest BCUT2D eigenvalue weighted by Gasteiger charge is 2.28. The van der Waals surface area contributed by atoms with Crippen LogP contribution < -0.4 is 5.32 Å².